The van der Waals surface area contributed by atoms with Crippen LogP contribution in [0.4, 0.5) is 0 Å². The molecule has 0 saturated carbocycles. The van der Waals surface area contributed by atoms with Gasteiger partial charge in [-0.2, -0.15) is 0 Å². The zero-order chi connectivity index (χ0) is 34.7. The van der Waals surface area contributed by atoms with E-state index in [0.717, 1.165) is 11.1 Å². The van der Waals surface area contributed by atoms with Crippen molar-refractivity contribution in [1.82, 2.24) is 5.32 Å². The van der Waals surface area contributed by atoms with E-state index in [9.17, 15) is 9.59 Å². The highest BCUT2D eigenvalue weighted by Gasteiger charge is 2.54. The Labute approximate surface area is 288 Å². The third-order valence-corrected chi connectivity index (χ3v) is 8.62. The molecule has 12 nitrogen and oxygen atoms in total. The minimum Gasteiger partial charge on any atom is -0.501 e. The number of fused-ring (bicyclic) bond motifs is 6. The van der Waals surface area contributed by atoms with Crippen LogP contribution in [-0.2, 0) is 37.6 Å². The first-order chi connectivity index (χ1) is 24.3. The standard InChI is InChI=1S/C38H32N6O6/c1-43-16-10-25(11-17-43)23-47-28-5-8-31-34(21-28)49-35-22-29(48-24-26-12-18-44(2)19-13-26)6-9-32(35)38(31)33-20-27(4-7-30(33)37(46)50-38)36(45)40-14-3-15-41-42-39/h4-13,16-18,20-22H,3,14-15,23-24H2,1-2H3/p+1. The van der Waals surface area contributed by atoms with Gasteiger partial charge in [0, 0.05) is 70.1 Å². The van der Waals surface area contributed by atoms with Crippen LogP contribution in [0.2, 0.25) is 0 Å². The van der Waals surface area contributed by atoms with Gasteiger partial charge in [-0.15, -0.1) is 17.7 Å². The van der Waals surface area contributed by atoms with E-state index >= 15 is 0 Å². The van der Waals surface area contributed by atoms with Crippen LogP contribution >= 0.6 is 0 Å². The monoisotopic (exact) mass is 669 g/mol. The molecule has 0 aliphatic carbocycles. The Balaban J connectivity index is 1.26. The smallest absolute Gasteiger partial charge is 0.340 e. The number of aryl methyl sites for hydroxylation is 2. The molecule has 1 N–H and O–H groups in total. The lowest BCUT2D eigenvalue weighted by Crippen LogP contribution is -2.33. The maximum absolute atomic E-state index is 13.6. The summed E-state index contributed by atoms with van der Waals surface area (Å²) < 4.78 is 28.9. The summed E-state index contributed by atoms with van der Waals surface area (Å²) in [5.41, 5.74) is 11.4. The minimum atomic E-state index is -1.42. The third kappa shape index (κ3) is 6.27. The van der Waals surface area contributed by atoms with Gasteiger partial charge in [0.05, 0.1) is 18.4 Å². The van der Waals surface area contributed by atoms with Crippen LogP contribution in [0.5, 0.6) is 23.0 Å². The number of azide groups is 1. The van der Waals surface area contributed by atoms with E-state index < -0.39 is 11.6 Å². The fourth-order valence-electron chi connectivity index (χ4n) is 6.04. The fraction of sp³-hybridized carbons (Fsp3) is 0.211. The maximum atomic E-state index is 13.6. The number of carbonyl (C=O) groups excluding carboxylic acids is 2. The Kier molecular flexibility index (Phi) is 8.76. The molecule has 1 spiro atoms. The molecule has 2 aromatic heterocycles. The second-order valence-corrected chi connectivity index (χ2v) is 12.0. The number of nitrogens with one attached hydrogen (secondary N) is 1. The number of hydrogen-bond donors (Lipinski definition) is 1. The number of esters is 1. The predicted octanol–water partition coefficient (Wildman–Crippen LogP) is 5.29. The molecule has 0 radical (unpaired) electrons. The topological polar surface area (TPSA) is 140 Å². The summed E-state index contributed by atoms with van der Waals surface area (Å²) >= 11 is 0. The molecule has 0 fully saturated rings. The molecule has 1 unspecified atom stereocenters. The number of hydrogen-bond acceptors (Lipinski definition) is 7. The van der Waals surface area contributed by atoms with Crippen molar-refractivity contribution in [1.29, 1.82) is 0 Å². The number of pyridine rings is 2. The van der Waals surface area contributed by atoms with E-state index in [1.165, 1.54) is 0 Å². The summed E-state index contributed by atoms with van der Waals surface area (Å²) in [4.78, 5) is 29.5. The highest BCUT2D eigenvalue weighted by atomic mass is 16.6. The Morgan fingerprint density at radius 3 is 2.24 bits per heavy atom. The van der Waals surface area contributed by atoms with Crippen LogP contribution in [0.25, 0.3) is 10.4 Å². The van der Waals surface area contributed by atoms with Crippen molar-refractivity contribution in [3.63, 3.8) is 0 Å². The zero-order valence-electron chi connectivity index (χ0n) is 27.5. The molecular weight excluding hydrogens is 636 g/mol. The number of rotatable bonds is 11. The lowest BCUT2D eigenvalue weighted by atomic mass is 9.77. The van der Waals surface area contributed by atoms with Crippen LogP contribution < -0.4 is 28.7 Å². The molecule has 2 aliphatic rings. The van der Waals surface area contributed by atoms with Crippen molar-refractivity contribution < 1.29 is 37.7 Å². The molecule has 250 valence electrons. The summed E-state index contributed by atoms with van der Waals surface area (Å²) in [6, 6.07) is 23.5. The predicted molar refractivity (Wildman–Crippen MR) is 178 cm³/mol. The van der Waals surface area contributed by atoms with Gasteiger partial charge in [-0.25, -0.2) is 9.36 Å². The van der Waals surface area contributed by atoms with Crippen molar-refractivity contribution >= 4 is 11.9 Å². The Morgan fingerprint density at radius 2 is 1.58 bits per heavy atom. The maximum Gasteiger partial charge on any atom is 0.340 e. The molecule has 12 heteroatoms. The Bertz CT molecular complexity index is 2050. The molecule has 0 bridgehead atoms. The molecule has 5 aromatic rings. The van der Waals surface area contributed by atoms with E-state index in [-0.39, 0.29) is 12.5 Å². The highest BCUT2D eigenvalue weighted by Crippen LogP contribution is 2.57. The lowest BCUT2D eigenvalue weighted by Gasteiger charge is -2.37. The molecular formula is C38H33N6O6+. The largest absolute Gasteiger partial charge is 0.501 e. The summed E-state index contributed by atoms with van der Waals surface area (Å²) in [6.45, 7) is 1.24. The summed E-state index contributed by atoms with van der Waals surface area (Å²) in [7, 11) is 3.85. The van der Waals surface area contributed by atoms with Gasteiger partial charge in [0.15, 0.2) is 18.0 Å². The summed E-state index contributed by atoms with van der Waals surface area (Å²) in [5.74, 6) is 1.14. The van der Waals surface area contributed by atoms with Gasteiger partial charge in [0.25, 0.3) is 5.91 Å². The number of carbonyl (C=O) groups is 2. The molecule has 1 atom stereocenters. The molecule has 4 heterocycles. The van der Waals surface area contributed by atoms with Crippen LogP contribution in [0, 0.1) is 6.20 Å². The zero-order valence-corrected chi connectivity index (χ0v) is 27.5. The number of benzene rings is 3. The number of aromatic nitrogens is 2. The number of amides is 1. The van der Waals surface area contributed by atoms with E-state index in [1.807, 2.05) is 90.4 Å². The normalized spacial score (nSPS) is 15.1. The van der Waals surface area contributed by atoms with E-state index in [2.05, 4.69) is 21.5 Å². The first-order valence-corrected chi connectivity index (χ1v) is 16.0. The van der Waals surface area contributed by atoms with Gasteiger partial charge >= 0.3 is 5.97 Å². The SMILES string of the molecule is C[n+]1[c-]cc(COc2ccc3c(c2)Oc2cc(OCc4cc[n+](C)cc4)ccc2C32OC(=O)c3ccc(C(=O)NCCCN=[N+]=[N-])cc32)cc1. The van der Waals surface area contributed by atoms with E-state index in [4.69, 9.17) is 24.5 Å². The Morgan fingerprint density at radius 1 is 0.900 bits per heavy atom. The second kappa shape index (κ2) is 13.6. The van der Waals surface area contributed by atoms with Crippen LogP contribution in [0.3, 0.4) is 0 Å². The van der Waals surface area contributed by atoms with Gasteiger partial charge < -0.3 is 28.8 Å². The summed E-state index contributed by atoms with van der Waals surface area (Å²) in [6.07, 6.45) is 9.40. The van der Waals surface area contributed by atoms with Crippen molar-refractivity contribution in [2.45, 2.75) is 25.2 Å². The van der Waals surface area contributed by atoms with E-state index in [0.29, 0.717) is 77.0 Å². The van der Waals surface area contributed by atoms with Gasteiger partial charge in [0.1, 0.15) is 49.9 Å². The summed E-state index contributed by atoms with van der Waals surface area (Å²) in [5, 5.41) is 6.37. The first-order valence-electron chi connectivity index (χ1n) is 16.0. The average molecular weight is 670 g/mol. The van der Waals surface area contributed by atoms with E-state index in [1.54, 1.807) is 30.3 Å². The quantitative estimate of drug-likeness (QED) is 0.0386. The van der Waals surface area contributed by atoms with Crippen LogP contribution in [0.1, 0.15) is 55.0 Å². The molecule has 0 saturated heterocycles. The van der Waals surface area contributed by atoms with Gasteiger partial charge in [0.2, 0.25) is 0 Å². The molecule has 1 amide bonds. The van der Waals surface area contributed by atoms with Gasteiger partial charge in [-0.3, -0.25) is 4.79 Å². The lowest BCUT2D eigenvalue weighted by molar-refractivity contribution is -0.675. The van der Waals surface area contributed by atoms with Gasteiger partial charge in [-0.1, -0.05) is 5.11 Å². The average Bonchev–Trinajstić information content (AvgIpc) is 3.42. The minimum absolute atomic E-state index is 0.268. The number of ether oxygens (including phenoxy) is 4. The molecule has 2 aliphatic heterocycles. The fourth-order valence-corrected chi connectivity index (χ4v) is 6.04. The van der Waals surface area contributed by atoms with Gasteiger partial charge in [-0.05, 0) is 54.4 Å². The van der Waals surface area contributed by atoms with Crippen LogP contribution in [0.15, 0.2) is 103 Å². The van der Waals surface area contributed by atoms with Crippen molar-refractivity contribution in [3.05, 3.63) is 153 Å². The highest BCUT2D eigenvalue weighted by molar-refractivity contribution is 6.00. The Hall–Kier alpha value is -6.39. The second-order valence-electron chi connectivity index (χ2n) is 12.0. The molecule has 3 aromatic carbocycles. The number of nitrogens with zero attached hydrogens (tertiary/aromatic N) is 5. The third-order valence-electron chi connectivity index (χ3n) is 8.62. The first kappa shape index (κ1) is 32.2. The van der Waals surface area contributed by atoms with Crippen LogP contribution in [-0.4, -0.2) is 25.0 Å². The van der Waals surface area contributed by atoms with Crippen molar-refractivity contribution in [2.24, 2.45) is 19.2 Å². The molecule has 7 rings (SSSR count). The van der Waals surface area contributed by atoms with Crippen molar-refractivity contribution in [2.75, 3.05) is 13.1 Å². The van der Waals surface area contributed by atoms with Crippen molar-refractivity contribution in [3.8, 4) is 23.0 Å². The molecule has 50 heavy (non-hydrogen) atoms.